The molecule has 0 aliphatic carbocycles. The molecule has 1 unspecified atom stereocenters. The molecule has 5 nitrogen and oxygen atoms in total. The van der Waals surface area contributed by atoms with Gasteiger partial charge in [-0.15, -0.1) is 0 Å². The molecule has 0 saturated heterocycles. The van der Waals surface area contributed by atoms with E-state index in [4.69, 9.17) is 9.63 Å². The average molecular weight is 278 g/mol. The van der Waals surface area contributed by atoms with Crippen LogP contribution in [0.25, 0.3) is 0 Å². The van der Waals surface area contributed by atoms with Gasteiger partial charge in [0.2, 0.25) is 0 Å². The van der Waals surface area contributed by atoms with Gasteiger partial charge in [-0.25, -0.2) is 9.18 Å². The van der Waals surface area contributed by atoms with Gasteiger partial charge in [-0.1, -0.05) is 17.3 Å². The van der Waals surface area contributed by atoms with Crippen LogP contribution in [-0.2, 0) is 13.0 Å². The van der Waals surface area contributed by atoms with Crippen LogP contribution in [0.1, 0.15) is 28.7 Å². The monoisotopic (exact) mass is 278 g/mol. The molecule has 1 aromatic carbocycles. The Bertz CT molecular complexity index is 580. The molecule has 0 radical (unpaired) electrons. The molecule has 0 amide bonds. The van der Waals surface area contributed by atoms with E-state index in [-0.39, 0.29) is 17.6 Å². The number of hydrogen-bond donors (Lipinski definition) is 2. The fourth-order valence-corrected chi connectivity index (χ4v) is 1.82. The molecular weight excluding hydrogens is 263 g/mol. The Morgan fingerprint density at radius 2 is 2.15 bits per heavy atom. The van der Waals surface area contributed by atoms with E-state index in [9.17, 15) is 9.18 Å². The number of hydrogen-bond acceptors (Lipinski definition) is 4. The van der Waals surface area contributed by atoms with Crippen LogP contribution >= 0.6 is 0 Å². The van der Waals surface area contributed by atoms with Crippen molar-refractivity contribution in [2.45, 2.75) is 25.9 Å². The maximum absolute atomic E-state index is 12.8. The molecule has 0 bridgehead atoms. The summed E-state index contributed by atoms with van der Waals surface area (Å²) in [5.41, 5.74) is 0.920. The minimum absolute atomic E-state index is 0.104. The van der Waals surface area contributed by atoms with Gasteiger partial charge in [0.15, 0.2) is 11.5 Å². The smallest absolute Gasteiger partial charge is 0.358 e. The van der Waals surface area contributed by atoms with Crippen molar-refractivity contribution in [2.75, 3.05) is 0 Å². The second-order valence-electron chi connectivity index (χ2n) is 4.60. The molecule has 2 N–H and O–H groups in total. The molecule has 0 aliphatic rings. The van der Waals surface area contributed by atoms with Gasteiger partial charge in [-0.2, -0.15) is 0 Å². The Hall–Kier alpha value is -2.21. The quantitative estimate of drug-likeness (QED) is 0.847. The van der Waals surface area contributed by atoms with E-state index in [1.807, 2.05) is 6.92 Å². The fraction of sp³-hybridized carbons (Fsp3) is 0.286. The second kappa shape index (κ2) is 6.29. The molecule has 1 aromatic heterocycles. The lowest BCUT2D eigenvalue weighted by Crippen LogP contribution is -2.27. The van der Waals surface area contributed by atoms with Crippen LogP contribution in [0.5, 0.6) is 0 Å². The lowest BCUT2D eigenvalue weighted by Gasteiger charge is -2.12. The number of halogens is 1. The summed E-state index contributed by atoms with van der Waals surface area (Å²) in [5.74, 6) is -0.898. The molecule has 1 heterocycles. The minimum Gasteiger partial charge on any atom is -0.476 e. The zero-order valence-electron chi connectivity index (χ0n) is 11.0. The van der Waals surface area contributed by atoms with Gasteiger partial charge < -0.3 is 14.9 Å². The summed E-state index contributed by atoms with van der Waals surface area (Å²) in [6.07, 6.45) is 0.736. The van der Waals surface area contributed by atoms with Crippen molar-refractivity contribution in [3.8, 4) is 0 Å². The van der Waals surface area contributed by atoms with E-state index in [0.717, 1.165) is 12.0 Å². The van der Waals surface area contributed by atoms with Crippen molar-refractivity contribution in [3.05, 3.63) is 53.2 Å². The third-order valence-electron chi connectivity index (χ3n) is 2.86. The van der Waals surface area contributed by atoms with Crippen LogP contribution in [0.3, 0.4) is 0 Å². The van der Waals surface area contributed by atoms with E-state index in [1.165, 1.54) is 18.2 Å². The predicted octanol–water partition coefficient (Wildman–Crippen LogP) is 2.23. The van der Waals surface area contributed by atoms with Crippen molar-refractivity contribution < 1.29 is 18.8 Å². The van der Waals surface area contributed by atoms with Crippen molar-refractivity contribution in [1.29, 1.82) is 0 Å². The normalized spacial score (nSPS) is 12.3. The van der Waals surface area contributed by atoms with Crippen LogP contribution in [0.15, 0.2) is 34.9 Å². The summed E-state index contributed by atoms with van der Waals surface area (Å²) >= 11 is 0. The highest BCUT2D eigenvalue weighted by Crippen LogP contribution is 2.07. The minimum atomic E-state index is -1.11. The van der Waals surface area contributed by atoms with Crippen LogP contribution in [0.2, 0.25) is 0 Å². The van der Waals surface area contributed by atoms with Crippen molar-refractivity contribution in [3.63, 3.8) is 0 Å². The van der Waals surface area contributed by atoms with Gasteiger partial charge in [0.25, 0.3) is 0 Å². The Kier molecular flexibility index (Phi) is 4.47. The summed E-state index contributed by atoms with van der Waals surface area (Å²) in [7, 11) is 0. The molecule has 2 rings (SSSR count). The third kappa shape index (κ3) is 3.89. The van der Waals surface area contributed by atoms with Crippen LogP contribution < -0.4 is 5.32 Å². The van der Waals surface area contributed by atoms with Crippen LogP contribution in [0.4, 0.5) is 4.39 Å². The molecule has 0 saturated carbocycles. The van der Waals surface area contributed by atoms with E-state index in [1.54, 1.807) is 12.1 Å². The van der Waals surface area contributed by atoms with Crippen LogP contribution in [-0.4, -0.2) is 22.3 Å². The topological polar surface area (TPSA) is 75.4 Å². The van der Waals surface area contributed by atoms with Gasteiger partial charge in [0.05, 0.1) is 6.54 Å². The number of rotatable bonds is 6. The Morgan fingerprint density at radius 3 is 2.75 bits per heavy atom. The number of nitrogens with zero attached hydrogens (tertiary/aromatic N) is 1. The van der Waals surface area contributed by atoms with Crippen LogP contribution in [0, 0.1) is 5.82 Å². The average Bonchev–Trinajstić information content (AvgIpc) is 2.88. The highest BCUT2D eigenvalue weighted by atomic mass is 19.1. The predicted molar refractivity (Wildman–Crippen MR) is 69.9 cm³/mol. The number of aromatic nitrogens is 1. The van der Waals surface area contributed by atoms with Crippen molar-refractivity contribution in [1.82, 2.24) is 10.5 Å². The largest absolute Gasteiger partial charge is 0.476 e. The van der Waals surface area contributed by atoms with Gasteiger partial charge in [-0.05, 0) is 31.0 Å². The first-order valence-corrected chi connectivity index (χ1v) is 6.21. The molecule has 2 aromatic rings. The van der Waals surface area contributed by atoms with E-state index < -0.39 is 5.97 Å². The maximum atomic E-state index is 12.8. The SMILES string of the molecule is CC(Cc1ccc(F)cc1)NCc1cc(C(=O)O)no1. The highest BCUT2D eigenvalue weighted by molar-refractivity contribution is 5.85. The Balaban J connectivity index is 1.83. The first-order valence-electron chi connectivity index (χ1n) is 6.21. The molecule has 6 heteroatoms. The fourth-order valence-electron chi connectivity index (χ4n) is 1.82. The number of nitrogens with one attached hydrogen (secondary N) is 1. The summed E-state index contributed by atoms with van der Waals surface area (Å²) < 4.78 is 17.7. The number of aromatic carboxylic acids is 1. The molecule has 0 fully saturated rings. The summed E-state index contributed by atoms with van der Waals surface area (Å²) in [6, 6.07) is 7.86. The zero-order valence-corrected chi connectivity index (χ0v) is 11.0. The molecular formula is C14H15FN2O3. The Labute approximate surface area is 115 Å². The number of carbonyl (C=O) groups is 1. The Morgan fingerprint density at radius 1 is 1.45 bits per heavy atom. The lowest BCUT2D eigenvalue weighted by molar-refractivity contribution is 0.0685. The van der Waals surface area contributed by atoms with E-state index in [2.05, 4.69) is 10.5 Å². The lowest BCUT2D eigenvalue weighted by atomic mass is 10.1. The first-order chi connectivity index (χ1) is 9.54. The summed E-state index contributed by atoms with van der Waals surface area (Å²) in [5, 5.41) is 15.3. The van der Waals surface area contributed by atoms with Gasteiger partial charge in [0.1, 0.15) is 5.82 Å². The summed E-state index contributed by atoms with van der Waals surface area (Å²) in [4.78, 5) is 10.6. The number of carboxylic acids is 1. The van der Waals surface area contributed by atoms with E-state index in [0.29, 0.717) is 12.3 Å². The third-order valence-corrected chi connectivity index (χ3v) is 2.86. The molecule has 106 valence electrons. The second-order valence-corrected chi connectivity index (χ2v) is 4.60. The first kappa shape index (κ1) is 14.2. The number of carboxylic acid groups (broad SMARTS) is 1. The highest BCUT2D eigenvalue weighted by Gasteiger charge is 2.11. The number of benzene rings is 1. The summed E-state index contributed by atoms with van der Waals surface area (Å²) in [6.45, 7) is 2.38. The standard InChI is InChI=1S/C14H15FN2O3/c1-9(6-10-2-4-11(15)5-3-10)16-8-12-7-13(14(18)19)17-20-12/h2-5,7,9,16H,6,8H2,1H3,(H,18,19). The van der Waals surface area contributed by atoms with Crippen molar-refractivity contribution in [2.24, 2.45) is 0 Å². The molecule has 1 atom stereocenters. The van der Waals surface area contributed by atoms with Crippen molar-refractivity contribution >= 4 is 5.97 Å². The molecule has 0 aliphatic heterocycles. The maximum Gasteiger partial charge on any atom is 0.358 e. The molecule has 0 spiro atoms. The van der Waals surface area contributed by atoms with E-state index >= 15 is 0 Å². The zero-order chi connectivity index (χ0) is 14.5. The van der Waals surface area contributed by atoms with Gasteiger partial charge in [-0.3, -0.25) is 0 Å². The molecule has 20 heavy (non-hydrogen) atoms. The van der Waals surface area contributed by atoms with Gasteiger partial charge >= 0.3 is 5.97 Å². The van der Waals surface area contributed by atoms with Gasteiger partial charge in [0, 0.05) is 12.1 Å².